The Labute approximate surface area is 84.0 Å². The Kier molecular flexibility index (Phi) is 2.20. The average Bonchev–Trinajstić information content (AvgIpc) is 2.67. The number of piperazine rings is 1. The molecule has 0 unspecified atom stereocenters. The van der Waals surface area contributed by atoms with Crippen molar-refractivity contribution in [2.24, 2.45) is 0 Å². The Morgan fingerprint density at radius 2 is 2.07 bits per heavy atom. The number of carbonyl (C=O) groups is 3. The van der Waals surface area contributed by atoms with Crippen LogP contribution in [0.15, 0.2) is 16.8 Å². The summed E-state index contributed by atoms with van der Waals surface area (Å²) in [4.78, 5) is 34.7. The molecule has 2 rings (SSSR count). The Hall–Kier alpha value is -2.18. The number of rotatable bonds is 1. The lowest BCUT2D eigenvalue weighted by molar-refractivity contribution is -0.135. The van der Waals surface area contributed by atoms with Crippen molar-refractivity contribution in [1.29, 1.82) is 0 Å². The van der Waals surface area contributed by atoms with Crippen molar-refractivity contribution >= 4 is 17.7 Å². The van der Waals surface area contributed by atoms with Crippen molar-refractivity contribution in [3.05, 3.63) is 18.0 Å². The SMILES string of the molecule is O=C1CN(C(=O)c2ccno2)CC(=O)N1. The molecule has 1 aliphatic heterocycles. The highest BCUT2D eigenvalue weighted by atomic mass is 16.5. The largest absolute Gasteiger partial charge is 0.351 e. The molecule has 1 aromatic rings. The van der Waals surface area contributed by atoms with Crippen LogP contribution in [0.25, 0.3) is 0 Å². The van der Waals surface area contributed by atoms with Crippen LogP contribution in [0, 0.1) is 0 Å². The molecular weight excluding hydrogens is 202 g/mol. The second kappa shape index (κ2) is 3.52. The molecular formula is C8H7N3O4. The first-order valence-electron chi connectivity index (χ1n) is 4.19. The lowest BCUT2D eigenvalue weighted by Gasteiger charge is -2.24. The minimum atomic E-state index is -0.518. The van der Waals surface area contributed by atoms with Gasteiger partial charge in [0, 0.05) is 6.07 Å². The Morgan fingerprint density at radius 1 is 1.40 bits per heavy atom. The fraction of sp³-hybridized carbons (Fsp3) is 0.250. The van der Waals surface area contributed by atoms with E-state index in [1.54, 1.807) is 0 Å². The second-order valence-corrected chi connectivity index (χ2v) is 3.01. The van der Waals surface area contributed by atoms with Crippen LogP contribution in [-0.4, -0.2) is 40.9 Å². The first-order valence-corrected chi connectivity index (χ1v) is 4.19. The molecule has 0 aliphatic carbocycles. The smallest absolute Gasteiger partial charge is 0.293 e. The normalized spacial score (nSPS) is 16.4. The number of carbonyl (C=O) groups excluding carboxylic acids is 3. The summed E-state index contributed by atoms with van der Waals surface area (Å²) >= 11 is 0. The molecule has 15 heavy (non-hydrogen) atoms. The van der Waals surface area contributed by atoms with E-state index in [0.717, 1.165) is 4.90 Å². The molecule has 0 atom stereocenters. The quantitative estimate of drug-likeness (QED) is 0.585. The zero-order valence-corrected chi connectivity index (χ0v) is 7.60. The summed E-state index contributed by atoms with van der Waals surface area (Å²) in [6, 6.07) is 1.37. The molecule has 1 N–H and O–H groups in total. The number of aromatic nitrogens is 1. The van der Waals surface area contributed by atoms with E-state index >= 15 is 0 Å². The standard InChI is InChI=1S/C8H7N3O4/c12-6-3-11(4-7(13)10-6)8(14)5-1-2-9-15-5/h1-2H,3-4H2,(H,10,12,13). The maximum Gasteiger partial charge on any atom is 0.293 e. The summed E-state index contributed by atoms with van der Waals surface area (Å²) in [5, 5.41) is 5.46. The summed E-state index contributed by atoms with van der Waals surface area (Å²) in [5.74, 6) is -1.51. The van der Waals surface area contributed by atoms with Crippen LogP contribution in [0.4, 0.5) is 0 Å². The van der Waals surface area contributed by atoms with Gasteiger partial charge in [0.15, 0.2) is 0 Å². The van der Waals surface area contributed by atoms with Crippen LogP contribution in [0.2, 0.25) is 0 Å². The van der Waals surface area contributed by atoms with Crippen molar-refractivity contribution in [2.75, 3.05) is 13.1 Å². The van der Waals surface area contributed by atoms with Crippen LogP contribution in [-0.2, 0) is 9.59 Å². The van der Waals surface area contributed by atoms with Gasteiger partial charge in [-0.2, -0.15) is 0 Å². The third-order valence-electron chi connectivity index (χ3n) is 1.88. The Balaban J connectivity index is 2.14. The van der Waals surface area contributed by atoms with E-state index in [0.29, 0.717) is 0 Å². The third-order valence-corrected chi connectivity index (χ3v) is 1.88. The maximum atomic E-state index is 11.6. The molecule has 78 valence electrons. The van der Waals surface area contributed by atoms with E-state index in [1.165, 1.54) is 12.3 Å². The summed E-state index contributed by atoms with van der Waals surface area (Å²) in [6.07, 6.45) is 1.32. The highest BCUT2D eigenvalue weighted by Crippen LogP contribution is 2.05. The van der Waals surface area contributed by atoms with E-state index in [1.807, 2.05) is 0 Å². The van der Waals surface area contributed by atoms with Gasteiger partial charge >= 0.3 is 0 Å². The van der Waals surface area contributed by atoms with Gasteiger partial charge in [0.1, 0.15) is 13.1 Å². The number of nitrogens with zero attached hydrogens (tertiary/aromatic N) is 2. The van der Waals surface area contributed by atoms with Gasteiger partial charge in [0.05, 0.1) is 6.20 Å². The zero-order chi connectivity index (χ0) is 10.8. The Morgan fingerprint density at radius 3 is 2.60 bits per heavy atom. The maximum absolute atomic E-state index is 11.6. The molecule has 0 bridgehead atoms. The number of hydrogen-bond acceptors (Lipinski definition) is 5. The molecule has 1 saturated heterocycles. The van der Waals surface area contributed by atoms with Crippen molar-refractivity contribution in [3.8, 4) is 0 Å². The van der Waals surface area contributed by atoms with Gasteiger partial charge < -0.3 is 9.42 Å². The molecule has 1 fully saturated rings. The van der Waals surface area contributed by atoms with E-state index in [9.17, 15) is 14.4 Å². The van der Waals surface area contributed by atoms with Crippen LogP contribution in [0.5, 0.6) is 0 Å². The predicted octanol–water partition coefficient (Wildman–Crippen LogP) is -1.23. The van der Waals surface area contributed by atoms with Gasteiger partial charge in [-0.1, -0.05) is 5.16 Å². The van der Waals surface area contributed by atoms with Crippen LogP contribution in [0.3, 0.4) is 0 Å². The van der Waals surface area contributed by atoms with Gasteiger partial charge in [0.25, 0.3) is 5.91 Å². The predicted molar refractivity (Wildman–Crippen MR) is 45.6 cm³/mol. The molecule has 7 heteroatoms. The molecule has 7 nitrogen and oxygen atoms in total. The number of imide groups is 1. The first-order chi connectivity index (χ1) is 7.16. The van der Waals surface area contributed by atoms with Gasteiger partial charge in [-0.3, -0.25) is 19.7 Å². The molecule has 0 aromatic carbocycles. The van der Waals surface area contributed by atoms with E-state index in [4.69, 9.17) is 0 Å². The van der Waals surface area contributed by atoms with Crippen molar-refractivity contribution in [3.63, 3.8) is 0 Å². The van der Waals surface area contributed by atoms with E-state index in [-0.39, 0.29) is 18.8 Å². The molecule has 2 heterocycles. The number of amides is 3. The summed E-state index contributed by atoms with van der Waals surface area (Å²) in [5.41, 5.74) is 0. The lowest BCUT2D eigenvalue weighted by Crippen LogP contribution is -2.53. The van der Waals surface area contributed by atoms with Crippen molar-refractivity contribution in [2.45, 2.75) is 0 Å². The number of hydrogen-bond donors (Lipinski definition) is 1. The summed E-state index contributed by atoms with van der Waals surface area (Å²) < 4.78 is 4.63. The van der Waals surface area contributed by atoms with Gasteiger partial charge in [-0.15, -0.1) is 0 Å². The molecule has 0 spiro atoms. The van der Waals surface area contributed by atoms with E-state index in [2.05, 4.69) is 15.0 Å². The summed E-state index contributed by atoms with van der Waals surface area (Å²) in [6.45, 7) is -0.295. The average molecular weight is 209 g/mol. The Bertz CT molecular complexity index is 396. The minimum Gasteiger partial charge on any atom is -0.351 e. The molecule has 0 radical (unpaired) electrons. The molecule has 0 saturated carbocycles. The summed E-state index contributed by atoms with van der Waals surface area (Å²) in [7, 11) is 0. The fourth-order valence-electron chi connectivity index (χ4n) is 1.26. The molecule has 1 aliphatic rings. The van der Waals surface area contributed by atoms with Crippen molar-refractivity contribution in [1.82, 2.24) is 15.4 Å². The van der Waals surface area contributed by atoms with Gasteiger partial charge in [0.2, 0.25) is 17.6 Å². The first kappa shape index (κ1) is 9.38. The highest BCUT2D eigenvalue weighted by molar-refractivity contribution is 6.04. The van der Waals surface area contributed by atoms with Crippen LogP contribution < -0.4 is 5.32 Å². The van der Waals surface area contributed by atoms with Crippen LogP contribution in [0.1, 0.15) is 10.6 Å². The van der Waals surface area contributed by atoms with E-state index < -0.39 is 17.7 Å². The topological polar surface area (TPSA) is 92.5 Å². The third kappa shape index (κ3) is 1.85. The number of nitrogens with one attached hydrogen (secondary N) is 1. The molecule has 1 aromatic heterocycles. The zero-order valence-electron chi connectivity index (χ0n) is 7.60. The van der Waals surface area contributed by atoms with Crippen LogP contribution >= 0.6 is 0 Å². The molecule has 3 amide bonds. The van der Waals surface area contributed by atoms with Crippen molar-refractivity contribution < 1.29 is 18.9 Å². The lowest BCUT2D eigenvalue weighted by atomic mass is 10.3. The second-order valence-electron chi connectivity index (χ2n) is 3.01. The fourth-order valence-corrected chi connectivity index (χ4v) is 1.26. The monoisotopic (exact) mass is 209 g/mol. The highest BCUT2D eigenvalue weighted by Gasteiger charge is 2.28. The van der Waals surface area contributed by atoms with Gasteiger partial charge in [-0.05, 0) is 0 Å². The minimum absolute atomic E-state index is 0.0116. The van der Waals surface area contributed by atoms with Gasteiger partial charge in [-0.25, -0.2) is 0 Å².